The molecule has 4 rings (SSSR count). The summed E-state index contributed by atoms with van der Waals surface area (Å²) in [6.45, 7) is 3.38. The maximum Gasteiger partial charge on any atom is 0.351 e. The van der Waals surface area contributed by atoms with E-state index in [2.05, 4.69) is 33.7 Å². The van der Waals surface area contributed by atoms with E-state index in [1.165, 1.54) is 42.6 Å². The lowest BCUT2D eigenvalue weighted by Gasteiger charge is -2.27. The number of rotatable bonds is 6. The van der Waals surface area contributed by atoms with Gasteiger partial charge < -0.3 is 19.9 Å². The quantitative estimate of drug-likeness (QED) is 0.625. The van der Waals surface area contributed by atoms with E-state index in [4.69, 9.17) is 19.8 Å². The van der Waals surface area contributed by atoms with E-state index in [1.54, 1.807) is 33.1 Å². The number of carboxylic acid groups (broad SMARTS) is 2. The summed E-state index contributed by atoms with van der Waals surface area (Å²) in [7, 11) is 0. The van der Waals surface area contributed by atoms with Crippen LogP contribution in [0, 0.1) is 5.92 Å². The Morgan fingerprint density at radius 2 is 1.53 bits per heavy atom. The Labute approximate surface area is 196 Å². The van der Waals surface area contributed by atoms with Gasteiger partial charge in [0.05, 0.1) is 26.1 Å². The van der Waals surface area contributed by atoms with Gasteiger partial charge in [-0.15, -0.1) is 0 Å². The second kappa shape index (κ2) is 12.1. The lowest BCUT2D eigenvalue weighted by molar-refractivity contribution is -0.902. The summed E-state index contributed by atoms with van der Waals surface area (Å²) in [5, 5.41) is 25.2. The largest absolute Gasteiger partial charge is 0.539 e. The minimum atomic E-state index is -2.07. The molecule has 0 aromatic carbocycles. The molecule has 0 spiro atoms. The first-order chi connectivity index (χ1) is 15.5. The Bertz CT molecular complexity index is 870. The highest BCUT2D eigenvalue weighted by Crippen LogP contribution is 2.33. The molecule has 0 atom stereocenters. The van der Waals surface area contributed by atoms with Crippen molar-refractivity contribution in [3.8, 4) is 0 Å². The molecular formula is C24H29NO5S2. The third-order valence-electron chi connectivity index (χ3n) is 6.24. The minimum absolute atomic E-state index is 0.387. The van der Waals surface area contributed by atoms with E-state index < -0.39 is 11.9 Å². The van der Waals surface area contributed by atoms with Crippen molar-refractivity contribution in [1.29, 1.82) is 0 Å². The number of quaternary nitrogens is 1. The first-order valence-electron chi connectivity index (χ1n) is 11.0. The monoisotopic (exact) mass is 475 g/mol. The number of hydrogen-bond donors (Lipinski definition) is 2. The average Bonchev–Trinajstić information content (AvgIpc) is 3.57. The van der Waals surface area contributed by atoms with E-state index in [1.807, 2.05) is 0 Å². The van der Waals surface area contributed by atoms with Crippen LogP contribution >= 0.6 is 22.7 Å². The highest BCUT2D eigenvalue weighted by atomic mass is 32.1. The van der Waals surface area contributed by atoms with Gasteiger partial charge in [0.2, 0.25) is 0 Å². The van der Waals surface area contributed by atoms with Crippen LogP contribution in [0.1, 0.15) is 56.1 Å². The van der Waals surface area contributed by atoms with E-state index >= 15 is 0 Å². The molecule has 0 amide bonds. The Balaban J connectivity index is 0.000000427. The lowest BCUT2D eigenvalue weighted by atomic mass is 9.90. The molecule has 0 radical (unpaired) electrons. The van der Waals surface area contributed by atoms with Crippen molar-refractivity contribution in [1.82, 2.24) is 0 Å². The summed E-state index contributed by atoms with van der Waals surface area (Å²) >= 11 is 3.56. The standard InChI is InChI=1S/C22H27NOS2.C2H2O4/c24-21(17-3-1-2-4-17)7-12-23-10-5-18(6-11-23)22(19-8-13-25-15-19)20-9-14-26-16-20;3-1(4)2(5)6/h8-9,13-17H,1-7,10-12H2;(H,3,4)(H,5,6). The first-order valence-corrected chi connectivity index (χ1v) is 12.9. The second-order valence-electron chi connectivity index (χ2n) is 8.29. The van der Waals surface area contributed by atoms with Gasteiger partial charge in [0.15, 0.2) is 5.97 Å². The van der Waals surface area contributed by atoms with Gasteiger partial charge in [-0.1, -0.05) is 18.4 Å². The van der Waals surface area contributed by atoms with Crippen LogP contribution in [0.3, 0.4) is 0 Å². The fourth-order valence-corrected chi connectivity index (χ4v) is 5.84. The zero-order chi connectivity index (χ0) is 22.9. The number of hydrogen-bond acceptors (Lipinski definition) is 6. The van der Waals surface area contributed by atoms with Gasteiger partial charge in [0.1, 0.15) is 5.78 Å². The van der Waals surface area contributed by atoms with Gasteiger partial charge in [0, 0.05) is 18.8 Å². The van der Waals surface area contributed by atoms with E-state index in [9.17, 15) is 4.79 Å². The fourth-order valence-electron chi connectivity index (χ4n) is 4.55. The molecule has 1 aliphatic heterocycles. The maximum absolute atomic E-state index is 12.4. The smallest absolute Gasteiger partial charge is 0.351 e. The number of aliphatic carboxylic acids is 2. The topological polar surface area (TPSA) is 98.9 Å². The average molecular weight is 476 g/mol. The van der Waals surface area contributed by atoms with Crippen LogP contribution in [0.4, 0.5) is 0 Å². The molecule has 6 nitrogen and oxygen atoms in total. The summed E-state index contributed by atoms with van der Waals surface area (Å²) in [4.78, 5) is 32.0. The number of carbonyl (C=O) groups excluding carboxylic acids is 2. The fraction of sp³-hybridized carbons (Fsp3) is 0.458. The van der Waals surface area contributed by atoms with Gasteiger partial charge in [-0.3, -0.25) is 4.79 Å². The number of Topliss-reactive ketones (excluding diaryl/α,β-unsaturated/α-hetero) is 1. The number of carbonyl (C=O) groups is 3. The molecule has 0 unspecified atom stereocenters. The molecule has 1 aliphatic carbocycles. The molecular weight excluding hydrogens is 446 g/mol. The summed E-state index contributed by atoms with van der Waals surface area (Å²) in [5.74, 6) is -3.09. The molecule has 172 valence electrons. The highest BCUT2D eigenvalue weighted by molar-refractivity contribution is 7.08. The third kappa shape index (κ3) is 6.85. The molecule has 2 aliphatic rings. The predicted octanol–water partition coefficient (Wildman–Crippen LogP) is 2.26. The van der Waals surface area contributed by atoms with Crippen molar-refractivity contribution in [2.24, 2.45) is 5.92 Å². The second-order valence-corrected chi connectivity index (χ2v) is 9.85. The van der Waals surface area contributed by atoms with Crippen LogP contribution < -0.4 is 10.0 Å². The number of carboxylic acids is 2. The zero-order valence-electron chi connectivity index (χ0n) is 18.0. The van der Waals surface area contributed by atoms with Gasteiger partial charge in [0.25, 0.3) is 0 Å². The van der Waals surface area contributed by atoms with E-state index in [-0.39, 0.29) is 0 Å². The lowest BCUT2D eigenvalue weighted by Crippen LogP contribution is -3.13. The summed E-state index contributed by atoms with van der Waals surface area (Å²) in [6.07, 6.45) is 7.92. The Morgan fingerprint density at radius 3 is 1.97 bits per heavy atom. The van der Waals surface area contributed by atoms with Crippen molar-refractivity contribution in [3.05, 3.63) is 50.4 Å². The SMILES string of the molecule is O=C(CC[NH+]1CCC(=C(c2ccsc2)c2ccsc2)CC1)C1CCCC1.O=C([O-])C(=O)O. The van der Waals surface area contributed by atoms with Crippen LogP contribution in [-0.2, 0) is 14.4 Å². The van der Waals surface area contributed by atoms with Crippen LogP contribution in [0.2, 0.25) is 0 Å². The van der Waals surface area contributed by atoms with Crippen LogP contribution in [0.25, 0.3) is 5.57 Å². The molecule has 8 heteroatoms. The molecule has 32 heavy (non-hydrogen) atoms. The molecule has 0 bridgehead atoms. The van der Waals surface area contributed by atoms with Crippen LogP contribution in [0.15, 0.2) is 39.2 Å². The molecule has 2 fully saturated rings. The predicted molar refractivity (Wildman–Crippen MR) is 124 cm³/mol. The molecule has 1 saturated carbocycles. The third-order valence-corrected chi connectivity index (χ3v) is 7.61. The number of thiophene rings is 2. The number of likely N-dealkylation sites (tertiary alicyclic amines) is 1. The van der Waals surface area contributed by atoms with Gasteiger partial charge in [-0.25, -0.2) is 4.79 Å². The van der Waals surface area contributed by atoms with Crippen molar-refractivity contribution in [2.45, 2.75) is 44.9 Å². The molecule has 1 saturated heterocycles. The van der Waals surface area contributed by atoms with E-state index in [0.29, 0.717) is 11.7 Å². The van der Waals surface area contributed by atoms with E-state index in [0.717, 1.165) is 38.6 Å². The van der Waals surface area contributed by atoms with Crippen LogP contribution in [-0.4, -0.2) is 42.5 Å². The Kier molecular flexibility index (Phi) is 9.20. The molecule has 2 aromatic heterocycles. The first kappa shape index (κ1) is 24.4. The molecule has 3 heterocycles. The summed E-state index contributed by atoms with van der Waals surface area (Å²) in [5.41, 5.74) is 5.83. The number of piperidine rings is 1. The normalized spacial score (nSPS) is 18.6. The van der Waals surface area contributed by atoms with Gasteiger partial charge >= 0.3 is 5.97 Å². The van der Waals surface area contributed by atoms with Gasteiger partial charge in [-0.2, -0.15) is 22.7 Å². The summed E-state index contributed by atoms with van der Waals surface area (Å²) in [6, 6.07) is 4.51. The van der Waals surface area contributed by atoms with Gasteiger partial charge in [-0.05, 0) is 63.2 Å². The maximum atomic E-state index is 12.4. The molecule has 2 aromatic rings. The van der Waals surface area contributed by atoms with Crippen molar-refractivity contribution >= 4 is 46.0 Å². The van der Waals surface area contributed by atoms with Crippen molar-refractivity contribution < 1.29 is 29.5 Å². The summed E-state index contributed by atoms with van der Waals surface area (Å²) < 4.78 is 0. The Hall–Kier alpha value is -2.29. The Morgan fingerprint density at radius 1 is 1.00 bits per heavy atom. The number of nitrogens with one attached hydrogen (secondary N) is 1. The molecule has 2 N–H and O–H groups in total. The number of ketones is 1. The highest BCUT2D eigenvalue weighted by Gasteiger charge is 2.26. The van der Waals surface area contributed by atoms with Crippen molar-refractivity contribution in [2.75, 3.05) is 19.6 Å². The van der Waals surface area contributed by atoms with Crippen LogP contribution in [0.5, 0.6) is 0 Å². The minimum Gasteiger partial charge on any atom is -0.539 e. The van der Waals surface area contributed by atoms with Crippen molar-refractivity contribution in [3.63, 3.8) is 0 Å². The zero-order valence-corrected chi connectivity index (χ0v) is 19.6.